The Bertz CT molecular complexity index is 1330. The molecule has 5 rings (SSSR count). The minimum absolute atomic E-state index is 0.000826. The summed E-state index contributed by atoms with van der Waals surface area (Å²) in [6.45, 7) is 4.16. The van der Waals surface area contributed by atoms with Crippen LogP contribution in [0, 0.1) is 23.5 Å². The third kappa shape index (κ3) is 4.25. The molecule has 5 heteroatoms. The number of halogens is 2. The highest BCUT2D eigenvalue weighted by atomic mass is 19.1. The number of hydrogen-bond acceptors (Lipinski definition) is 3. The molecule has 3 nitrogen and oxygen atoms in total. The molecule has 1 unspecified atom stereocenters. The summed E-state index contributed by atoms with van der Waals surface area (Å²) in [5.74, 6) is -1.74. The van der Waals surface area contributed by atoms with Crippen molar-refractivity contribution in [3.63, 3.8) is 0 Å². The van der Waals surface area contributed by atoms with Crippen molar-refractivity contribution < 1.29 is 23.1 Å². The summed E-state index contributed by atoms with van der Waals surface area (Å²) in [5, 5.41) is 0. The Kier molecular flexibility index (Phi) is 6.50. The maximum Gasteiger partial charge on any atom is 0.199 e. The molecule has 0 aliphatic heterocycles. The number of ketones is 2. The predicted octanol–water partition coefficient (Wildman–Crippen LogP) is 6.99. The Morgan fingerprint density at radius 3 is 2.53 bits per heavy atom. The zero-order valence-corrected chi connectivity index (χ0v) is 20.8. The van der Waals surface area contributed by atoms with Gasteiger partial charge in [0.25, 0.3) is 0 Å². The number of carbonyl (C=O) groups is 2. The second-order valence-corrected chi connectivity index (χ2v) is 10.4. The van der Waals surface area contributed by atoms with Crippen molar-refractivity contribution in [2.45, 2.75) is 51.4 Å². The van der Waals surface area contributed by atoms with Crippen LogP contribution in [0.2, 0.25) is 0 Å². The minimum Gasteiger partial charge on any atom is -0.501 e. The molecule has 36 heavy (non-hydrogen) atoms. The number of allylic oxidation sites excluding steroid dienone is 6. The van der Waals surface area contributed by atoms with Crippen molar-refractivity contribution in [1.29, 1.82) is 0 Å². The first-order chi connectivity index (χ1) is 17.3. The highest BCUT2D eigenvalue weighted by Crippen LogP contribution is 2.43. The molecule has 0 saturated heterocycles. The highest BCUT2D eigenvalue weighted by Gasteiger charge is 2.38. The summed E-state index contributed by atoms with van der Waals surface area (Å²) < 4.78 is 35.4. The molecule has 0 saturated carbocycles. The number of carbonyl (C=O) groups excluding carboxylic acids is 2. The minimum atomic E-state index is -0.785. The van der Waals surface area contributed by atoms with Gasteiger partial charge in [0.1, 0.15) is 11.6 Å². The standard InChI is InChI=1S/C31H30F2O3/c1-17-13-20-6-4-5-7-22(20)23(17)16-27(34)24-15-21(14-19-8-11-28(36-3)18(2)12-19)29-25(32)9-10-26(33)30(29)31(24)35/h4-11,15,17-18,21,23H,12-14,16H2,1-3H3/t17-,18-,21?,23+/m0/s1. The lowest BCUT2D eigenvalue weighted by Crippen LogP contribution is -2.25. The van der Waals surface area contributed by atoms with Gasteiger partial charge in [-0.05, 0) is 60.4 Å². The van der Waals surface area contributed by atoms with Gasteiger partial charge in [0, 0.05) is 23.8 Å². The molecule has 0 radical (unpaired) electrons. The van der Waals surface area contributed by atoms with Crippen LogP contribution in [0.5, 0.6) is 0 Å². The summed E-state index contributed by atoms with van der Waals surface area (Å²) in [6.07, 6.45) is 7.60. The Morgan fingerprint density at radius 1 is 1.03 bits per heavy atom. The van der Waals surface area contributed by atoms with Gasteiger partial charge in [-0.3, -0.25) is 9.59 Å². The quantitative estimate of drug-likeness (QED) is 0.412. The van der Waals surface area contributed by atoms with Crippen molar-refractivity contribution >= 4 is 11.6 Å². The molecule has 2 aromatic carbocycles. The van der Waals surface area contributed by atoms with E-state index in [-0.39, 0.29) is 46.7 Å². The van der Waals surface area contributed by atoms with E-state index in [1.165, 1.54) is 5.56 Å². The highest BCUT2D eigenvalue weighted by molar-refractivity contribution is 6.27. The molecule has 2 aromatic rings. The van der Waals surface area contributed by atoms with E-state index in [2.05, 4.69) is 13.0 Å². The van der Waals surface area contributed by atoms with Gasteiger partial charge < -0.3 is 4.74 Å². The smallest absolute Gasteiger partial charge is 0.199 e. The first kappa shape index (κ1) is 24.4. The predicted molar refractivity (Wildman–Crippen MR) is 135 cm³/mol. The van der Waals surface area contributed by atoms with Gasteiger partial charge in [0.05, 0.1) is 24.0 Å². The van der Waals surface area contributed by atoms with Gasteiger partial charge in [0.2, 0.25) is 0 Å². The second kappa shape index (κ2) is 9.61. The van der Waals surface area contributed by atoms with Crippen LogP contribution in [-0.2, 0) is 16.0 Å². The molecule has 186 valence electrons. The van der Waals surface area contributed by atoms with E-state index in [1.807, 2.05) is 37.3 Å². The maximum absolute atomic E-state index is 15.0. The van der Waals surface area contributed by atoms with Crippen LogP contribution in [0.25, 0.3) is 0 Å². The van der Waals surface area contributed by atoms with E-state index in [1.54, 1.807) is 13.2 Å². The fraction of sp³-hybridized carbons (Fsp3) is 0.355. The SMILES string of the molecule is COC1=CC=C(CC2C=C(C(=O)C[C@H]3c4ccccc4C[C@@H]3C)C(=O)c3c(F)ccc(F)c32)C[C@@H]1C. The van der Waals surface area contributed by atoms with E-state index in [9.17, 15) is 14.0 Å². The average molecular weight is 489 g/mol. The molecule has 0 amide bonds. The Labute approximate surface area is 210 Å². The van der Waals surface area contributed by atoms with E-state index >= 15 is 4.39 Å². The summed E-state index contributed by atoms with van der Waals surface area (Å²) in [7, 11) is 1.63. The Morgan fingerprint density at radius 2 is 1.78 bits per heavy atom. The van der Waals surface area contributed by atoms with Gasteiger partial charge >= 0.3 is 0 Å². The van der Waals surface area contributed by atoms with Crippen molar-refractivity contribution in [2.24, 2.45) is 11.8 Å². The molecule has 0 N–H and O–H groups in total. The van der Waals surface area contributed by atoms with Crippen molar-refractivity contribution in [1.82, 2.24) is 0 Å². The van der Waals surface area contributed by atoms with Crippen LogP contribution in [-0.4, -0.2) is 18.7 Å². The maximum atomic E-state index is 15.0. The number of rotatable bonds is 6. The molecule has 0 bridgehead atoms. The first-order valence-corrected chi connectivity index (χ1v) is 12.6. The number of Topliss-reactive ketones (excluding diaryl/α,β-unsaturated/α-hetero) is 2. The lowest BCUT2D eigenvalue weighted by molar-refractivity contribution is -0.115. The van der Waals surface area contributed by atoms with Crippen LogP contribution in [0.15, 0.2) is 71.5 Å². The Hall–Kier alpha value is -3.34. The topological polar surface area (TPSA) is 43.4 Å². The summed E-state index contributed by atoms with van der Waals surface area (Å²) in [6, 6.07) is 10.1. The molecule has 3 aliphatic rings. The summed E-state index contributed by atoms with van der Waals surface area (Å²) in [5.41, 5.74) is 3.13. The molecule has 4 atom stereocenters. The monoisotopic (exact) mass is 488 g/mol. The van der Waals surface area contributed by atoms with E-state index in [0.29, 0.717) is 12.8 Å². The fourth-order valence-electron chi connectivity index (χ4n) is 6.16. The number of hydrogen-bond donors (Lipinski definition) is 0. The molecular formula is C31H30F2O3. The molecular weight excluding hydrogens is 458 g/mol. The van der Waals surface area contributed by atoms with E-state index in [4.69, 9.17) is 4.74 Å². The molecule has 0 heterocycles. The largest absolute Gasteiger partial charge is 0.501 e. The van der Waals surface area contributed by atoms with Gasteiger partial charge in [-0.1, -0.05) is 55.8 Å². The molecule has 0 fully saturated rings. The zero-order chi connectivity index (χ0) is 25.6. The molecule has 3 aliphatic carbocycles. The number of fused-ring (bicyclic) bond motifs is 2. The van der Waals surface area contributed by atoms with E-state index in [0.717, 1.165) is 35.4 Å². The lowest BCUT2D eigenvalue weighted by Gasteiger charge is -2.28. The fourth-order valence-corrected chi connectivity index (χ4v) is 6.16. The average Bonchev–Trinajstić information content (AvgIpc) is 3.17. The first-order valence-electron chi connectivity index (χ1n) is 12.6. The third-order valence-corrected chi connectivity index (χ3v) is 8.00. The van der Waals surface area contributed by atoms with Gasteiger partial charge in [-0.25, -0.2) is 8.78 Å². The van der Waals surface area contributed by atoms with Crippen molar-refractivity contribution in [3.05, 3.63) is 105 Å². The zero-order valence-electron chi connectivity index (χ0n) is 20.8. The normalized spacial score (nSPS) is 24.9. The number of ether oxygens (including phenoxy) is 1. The van der Waals surface area contributed by atoms with Gasteiger partial charge in [0.15, 0.2) is 11.6 Å². The molecule has 0 aromatic heterocycles. The van der Waals surface area contributed by atoms with Crippen LogP contribution in [0.4, 0.5) is 8.78 Å². The second-order valence-electron chi connectivity index (χ2n) is 10.4. The molecule has 0 spiro atoms. The van der Waals surface area contributed by atoms with Crippen LogP contribution in [0.3, 0.4) is 0 Å². The van der Waals surface area contributed by atoms with Gasteiger partial charge in [-0.2, -0.15) is 0 Å². The van der Waals surface area contributed by atoms with E-state index < -0.39 is 23.3 Å². The summed E-state index contributed by atoms with van der Waals surface area (Å²) in [4.78, 5) is 26.9. The Balaban J connectivity index is 1.49. The van der Waals surface area contributed by atoms with Crippen LogP contribution >= 0.6 is 0 Å². The van der Waals surface area contributed by atoms with Crippen LogP contribution in [0.1, 0.15) is 72.0 Å². The van der Waals surface area contributed by atoms with Gasteiger partial charge in [-0.15, -0.1) is 0 Å². The number of benzene rings is 2. The number of methoxy groups -OCH3 is 1. The summed E-state index contributed by atoms with van der Waals surface area (Å²) >= 11 is 0. The van der Waals surface area contributed by atoms with Crippen molar-refractivity contribution in [2.75, 3.05) is 7.11 Å². The van der Waals surface area contributed by atoms with Crippen LogP contribution < -0.4 is 0 Å². The third-order valence-electron chi connectivity index (χ3n) is 8.00. The lowest BCUT2D eigenvalue weighted by atomic mass is 9.76. The van der Waals surface area contributed by atoms with Crippen molar-refractivity contribution in [3.8, 4) is 0 Å².